The van der Waals surface area contributed by atoms with Crippen LogP contribution in [0.25, 0.3) is 0 Å². The molecule has 21 heavy (non-hydrogen) atoms. The fraction of sp³-hybridized carbons (Fsp3) is 0.824. The fourth-order valence-electron chi connectivity index (χ4n) is 3.32. The van der Waals surface area contributed by atoms with Crippen LogP contribution in [0.15, 0.2) is 18.7 Å². The predicted octanol–water partition coefficient (Wildman–Crippen LogP) is 2.76. The molecular formula is C17H32N4. The lowest BCUT2D eigenvalue weighted by atomic mass is 9.94. The summed E-state index contributed by atoms with van der Waals surface area (Å²) in [6.07, 6.45) is 10.9. The smallest absolute Gasteiger partial charge is 0.0945 e. The molecule has 0 aliphatic carbocycles. The van der Waals surface area contributed by atoms with Crippen LogP contribution < -0.4 is 5.32 Å². The Hall–Kier alpha value is -0.870. The van der Waals surface area contributed by atoms with Crippen LogP contribution in [-0.4, -0.2) is 46.2 Å². The van der Waals surface area contributed by atoms with Crippen LogP contribution in [0.5, 0.6) is 0 Å². The summed E-state index contributed by atoms with van der Waals surface area (Å²) in [6, 6.07) is 1.38. The van der Waals surface area contributed by atoms with E-state index in [1.807, 2.05) is 12.5 Å². The van der Waals surface area contributed by atoms with Gasteiger partial charge in [0.25, 0.3) is 0 Å². The van der Waals surface area contributed by atoms with Crippen molar-refractivity contribution in [3.63, 3.8) is 0 Å². The topological polar surface area (TPSA) is 33.1 Å². The van der Waals surface area contributed by atoms with E-state index < -0.39 is 0 Å². The van der Waals surface area contributed by atoms with Gasteiger partial charge < -0.3 is 9.88 Å². The highest BCUT2D eigenvalue weighted by molar-refractivity contribution is 4.88. The molecule has 3 atom stereocenters. The quantitative estimate of drug-likeness (QED) is 0.800. The second-order valence-corrected chi connectivity index (χ2v) is 6.49. The Morgan fingerprint density at radius 2 is 2.19 bits per heavy atom. The average molecular weight is 292 g/mol. The van der Waals surface area contributed by atoms with Crippen molar-refractivity contribution in [2.24, 2.45) is 5.92 Å². The molecule has 0 aromatic carbocycles. The summed E-state index contributed by atoms with van der Waals surface area (Å²) >= 11 is 0. The zero-order chi connectivity index (χ0) is 15.1. The van der Waals surface area contributed by atoms with Crippen molar-refractivity contribution in [1.29, 1.82) is 0 Å². The van der Waals surface area contributed by atoms with E-state index >= 15 is 0 Å². The summed E-state index contributed by atoms with van der Waals surface area (Å²) in [5, 5.41) is 3.78. The highest BCUT2D eigenvalue weighted by Crippen LogP contribution is 2.18. The molecular weight excluding hydrogens is 260 g/mol. The van der Waals surface area contributed by atoms with Crippen LogP contribution in [0, 0.1) is 5.92 Å². The van der Waals surface area contributed by atoms with Crippen molar-refractivity contribution in [2.45, 2.75) is 65.1 Å². The third-order valence-electron chi connectivity index (χ3n) is 4.94. The van der Waals surface area contributed by atoms with Crippen molar-refractivity contribution in [2.75, 3.05) is 19.6 Å². The monoisotopic (exact) mass is 292 g/mol. The average Bonchev–Trinajstić information content (AvgIpc) is 3.01. The normalized spacial score (nSPS) is 25.1. The van der Waals surface area contributed by atoms with Crippen molar-refractivity contribution >= 4 is 0 Å². The van der Waals surface area contributed by atoms with E-state index in [1.54, 1.807) is 0 Å². The maximum atomic E-state index is 4.12. The summed E-state index contributed by atoms with van der Waals surface area (Å²) in [7, 11) is 0. The number of imidazole rings is 1. The molecule has 3 unspecified atom stereocenters. The van der Waals surface area contributed by atoms with Crippen LogP contribution in [0.2, 0.25) is 0 Å². The molecule has 1 N–H and O–H groups in total. The van der Waals surface area contributed by atoms with E-state index in [0.29, 0.717) is 6.04 Å². The number of nitrogens with one attached hydrogen (secondary N) is 1. The Bertz CT molecular complexity index is 376. The Morgan fingerprint density at radius 3 is 2.86 bits per heavy atom. The summed E-state index contributed by atoms with van der Waals surface area (Å²) < 4.78 is 2.18. The lowest BCUT2D eigenvalue weighted by molar-refractivity contribution is 0.100. The third kappa shape index (κ3) is 4.82. The summed E-state index contributed by atoms with van der Waals surface area (Å²) in [5.74, 6) is 0.767. The molecule has 2 heterocycles. The maximum absolute atomic E-state index is 4.12. The highest BCUT2D eigenvalue weighted by Gasteiger charge is 2.29. The van der Waals surface area contributed by atoms with Crippen LogP contribution >= 0.6 is 0 Å². The summed E-state index contributed by atoms with van der Waals surface area (Å²) in [5.41, 5.74) is 0. The van der Waals surface area contributed by atoms with E-state index in [9.17, 15) is 0 Å². The lowest BCUT2D eigenvalue weighted by Crippen LogP contribution is -2.58. The van der Waals surface area contributed by atoms with Crippen molar-refractivity contribution in [1.82, 2.24) is 19.8 Å². The number of aromatic nitrogens is 2. The van der Waals surface area contributed by atoms with E-state index in [0.717, 1.165) is 25.0 Å². The second kappa shape index (κ2) is 8.54. The van der Waals surface area contributed by atoms with Gasteiger partial charge in [0.1, 0.15) is 0 Å². The molecule has 0 bridgehead atoms. The lowest BCUT2D eigenvalue weighted by Gasteiger charge is -2.42. The van der Waals surface area contributed by atoms with Crippen molar-refractivity contribution in [3.8, 4) is 0 Å². The number of nitrogens with zero attached hydrogens (tertiary/aromatic N) is 3. The predicted molar refractivity (Wildman–Crippen MR) is 88.4 cm³/mol. The molecule has 120 valence electrons. The minimum atomic E-state index is 0.663. The zero-order valence-electron chi connectivity index (χ0n) is 14.0. The van der Waals surface area contributed by atoms with Gasteiger partial charge in [0.2, 0.25) is 0 Å². The first-order valence-electron chi connectivity index (χ1n) is 8.67. The van der Waals surface area contributed by atoms with E-state index in [2.05, 4.69) is 46.7 Å². The minimum Gasteiger partial charge on any atom is -0.337 e. The van der Waals surface area contributed by atoms with Gasteiger partial charge in [0.15, 0.2) is 0 Å². The van der Waals surface area contributed by atoms with Gasteiger partial charge in [-0.3, -0.25) is 4.90 Å². The molecule has 0 radical (unpaired) electrons. The van der Waals surface area contributed by atoms with Gasteiger partial charge in [-0.15, -0.1) is 0 Å². The van der Waals surface area contributed by atoms with Crippen LogP contribution in [0.1, 0.15) is 46.5 Å². The number of piperazine rings is 1. The first-order chi connectivity index (χ1) is 10.2. The van der Waals surface area contributed by atoms with E-state index in [-0.39, 0.29) is 0 Å². The van der Waals surface area contributed by atoms with Crippen LogP contribution in [0.3, 0.4) is 0 Å². The summed E-state index contributed by atoms with van der Waals surface area (Å²) in [4.78, 5) is 6.85. The molecule has 1 aromatic heterocycles. The number of aryl methyl sites for hydroxylation is 1. The molecule has 4 heteroatoms. The first-order valence-corrected chi connectivity index (χ1v) is 8.67. The Balaban J connectivity index is 1.84. The van der Waals surface area contributed by atoms with Gasteiger partial charge in [-0.1, -0.05) is 33.6 Å². The fourth-order valence-corrected chi connectivity index (χ4v) is 3.32. The van der Waals surface area contributed by atoms with E-state index in [1.165, 1.54) is 38.8 Å². The zero-order valence-corrected chi connectivity index (χ0v) is 14.0. The SMILES string of the molecule is CCCC1CNC(C(C)CC)CN1CCCn1ccnc1. The van der Waals surface area contributed by atoms with Crippen molar-refractivity contribution < 1.29 is 0 Å². The molecule has 1 aliphatic rings. The highest BCUT2D eigenvalue weighted by atomic mass is 15.2. The molecule has 4 nitrogen and oxygen atoms in total. The number of hydrogen-bond donors (Lipinski definition) is 1. The third-order valence-corrected chi connectivity index (χ3v) is 4.94. The Labute approximate surface area is 129 Å². The molecule has 0 saturated carbocycles. The molecule has 1 aromatic rings. The van der Waals surface area contributed by atoms with Gasteiger partial charge in [0.05, 0.1) is 6.33 Å². The van der Waals surface area contributed by atoms with Crippen molar-refractivity contribution in [3.05, 3.63) is 18.7 Å². The largest absolute Gasteiger partial charge is 0.337 e. The minimum absolute atomic E-state index is 0.663. The van der Waals surface area contributed by atoms with Gasteiger partial charge in [-0.2, -0.15) is 0 Å². The molecule has 1 saturated heterocycles. The molecule has 1 fully saturated rings. The van der Waals surface area contributed by atoms with Crippen LogP contribution in [0.4, 0.5) is 0 Å². The number of rotatable bonds is 8. The van der Waals surface area contributed by atoms with Gasteiger partial charge in [-0.25, -0.2) is 4.98 Å². The Kier molecular flexibility index (Phi) is 6.71. The van der Waals surface area contributed by atoms with Crippen LogP contribution in [-0.2, 0) is 6.54 Å². The molecule has 0 spiro atoms. The van der Waals surface area contributed by atoms with Gasteiger partial charge in [-0.05, 0) is 18.8 Å². The molecule has 2 rings (SSSR count). The molecule has 0 amide bonds. The Morgan fingerprint density at radius 1 is 1.33 bits per heavy atom. The molecule has 1 aliphatic heterocycles. The summed E-state index contributed by atoms with van der Waals surface area (Å²) in [6.45, 7) is 11.6. The maximum Gasteiger partial charge on any atom is 0.0945 e. The van der Waals surface area contributed by atoms with E-state index in [4.69, 9.17) is 0 Å². The van der Waals surface area contributed by atoms with Gasteiger partial charge in [0, 0.05) is 50.7 Å². The number of hydrogen-bond acceptors (Lipinski definition) is 3. The first kappa shape index (κ1) is 16.5. The van der Waals surface area contributed by atoms with Gasteiger partial charge >= 0.3 is 0 Å². The second-order valence-electron chi connectivity index (χ2n) is 6.49. The standard InChI is InChI=1S/C17H32N4/c1-4-7-16-12-19-17(15(3)5-2)13-21(16)10-6-9-20-11-8-18-14-20/h8,11,14-17,19H,4-7,9-10,12-13H2,1-3H3.